The van der Waals surface area contributed by atoms with Gasteiger partial charge in [0, 0.05) is 63.8 Å². The van der Waals surface area contributed by atoms with Crippen LogP contribution in [0.15, 0.2) is 83.9 Å². The molecule has 2 fully saturated rings. The average molecular weight is 1170 g/mol. The first-order valence-electron chi connectivity index (χ1n) is 29.7. The summed E-state index contributed by atoms with van der Waals surface area (Å²) in [6.45, 7) is 11.9. The van der Waals surface area contributed by atoms with Crippen molar-refractivity contribution in [1.82, 2.24) is 34.7 Å². The number of rotatable bonds is 4. The molecule has 8 heterocycles. The van der Waals surface area contributed by atoms with Crippen LogP contribution < -0.4 is 31.0 Å². The van der Waals surface area contributed by atoms with Crippen LogP contribution in [0.5, 0.6) is 11.5 Å². The van der Waals surface area contributed by atoms with E-state index in [1.807, 2.05) is 19.1 Å². The monoisotopic (exact) mass is 1170 g/mol. The number of nitrogens with one attached hydrogen (secondary N) is 3. The van der Waals surface area contributed by atoms with E-state index in [4.69, 9.17) is 38.6 Å². The lowest BCUT2D eigenvalue weighted by atomic mass is 9.85. The molecule has 0 amide bonds. The lowest BCUT2D eigenvalue weighted by Gasteiger charge is -2.36. The number of halogens is 3. The number of anilines is 2. The molecule has 12 bridgehead atoms. The molecule has 0 radical (unpaired) electrons. The lowest BCUT2D eigenvalue weighted by Crippen LogP contribution is -2.40. The van der Waals surface area contributed by atoms with E-state index in [0.29, 0.717) is 137 Å². The van der Waals surface area contributed by atoms with Gasteiger partial charge in [0.05, 0.1) is 86.8 Å². The summed E-state index contributed by atoms with van der Waals surface area (Å²) < 4.78 is 81.0. The summed E-state index contributed by atoms with van der Waals surface area (Å²) in [6, 6.07) is 23.4. The Bertz CT molecular complexity index is 3550. The smallest absolute Gasteiger partial charge is 0.278 e. The van der Waals surface area contributed by atoms with Gasteiger partial charge in [-0.05, 0) is 120 Å². The van der Waals surface area contributed by atoms with E-state index in [2.05, 4.69) is 75.2 Å². The first kappa shape index (κ1) is 59.0. The molecule has 1 saturated carbocycles. The number of nitriles is 1. The van der Waals surface area contributed by atoms with Gasteiger partial charge in [0.25, 0.3) is 11.5 Å². The van der Waals surface area contributed by atoms with E-state index in [-0.39, 0.29) is 48.3 Å². The number of thiophene rings is 1. The van der Waals surface area contributed by atoms with Gasteiger partial charge in [0.15, 0.2) is 11.5 Å². The number of hydrogen-bond acceptors (Lipinski definition) is 16. The summed E-state index contributed by atoms with van der Waals surface area (Å²) in [5.41, 5.74) is 1.76. The summed E-state index contributed by atoms with van der Waals surface area (Å²) in [6.07, 6.45) is 6.39. The van der Waals surface area contributed by atoms with Gasteiger partial charge in [-0.1, -0.05) is 55.3 Å². The van der Waals surface area contributed by atoms with Crippen molar-refractivity contribution in [1.29, 1.82) is 5.26 Å². The molecule has 12 rings (SSSR count). The van der Waals surface area contributed by atoms with Gasteiger partial charge in [-0.15, -0.1) is 11.3 Å². The second-order valence-electron chi connectivity index (χ2n) is 22.9. The minimum absolute atomic E-state index is 0.0636. The lowest BCUT2D eigenvalue weighted by molar-refractivity contribution is -0.0880. The van der Waals surface area contributed by atoms with Crippen LogP contribution in [-0.4, -0.2) is 109 Å². The van der Waals surface area contributed by atoms with Crippen LogP contribution in [0.2, 0.25) is 0 Å². The fourth-order valence-electron chi connectivity index (χ4n) is 12.3. The molecule has 5 aliphatic rings. The van der Waals surface area contributed by atoms with Crippen LogP contribution in [0, 0.1) is 29.0 Å². The minimum atomic E-state index is -3.38. The highest BCUT2D eigenvalue weighted by Gasteiger charge is 2.48. The van der Waals surface area contributed by atoms with Crippen molar-refractivity contribution in [2.45, 2.75) is 115 Å². The Hall–Kier alpha value is -6.73. The molecule has 3 N–H and O–H groups in total. The highest BCUT2D eigenvalue weighted by atomic mass is 32.1. The maximum Gasteiger partial charge on any atom is 0.278 e. The van der Waals surface area contributed by atoms with E-state index in [1.165, 1.54) is 30.1 Å². The summed E-state index contributed by atoms with van der Waals surface area (Å²) >= 11 is 1.72. The normalized spacial score (nSPS) is 23.8. The Labute approximate surface area is 492 Å². The van der Waals surface area contributed by atoms with Crippen LogP contribution in [0.25, 0.3) is 32.4 Å². The summed E-state index contributed by atoms with van der Waals surface area (Å²) in [7, 11) is 1.60. The molecule has 20 heteroatoms. The molecule has 0 spiro atoms. The zero-order chi connectivity index (χ0) is 58.4. The first-order chi connectivity index (χ1) is 40.8. The fourth-order valence-corrected chi connectivity index (χ4v) is 13.4. The zero-order valence-corrected chi connectivity index (χ0v) is 49.2. The minimum Gasteiger partial charge on any atom is -0.493 e. The predicted octanol–water partition coefficient (Wildman–Crippen LogP) is 11.8. The number of piperidine rings is 1. The number of nitrogens with zero attached hydrogens (tertiary/aromatic N) is 7. The maximum absolute atomic E-state index is 16.6. The quantitative estimate of drug-likeness (QED) is 0.151. The third-order valence-corrected chi connectivity index (χ3v) is 18.7. The number of pyridine rings is 1. The third kappa shape index (κ3) is 12.8. The zero-order valence-electron chi connectivity index (χ0n) is 48.4. The topological polar surface area (TPSA) is 183 Å². The average Bonchev–Trinajstić information content (AvgIpc) is 2.28. The summed E-state index contributed by atoms with van der Waals surface area (Å²) in [5, 5.41) is 22.5. The highest BCUT2D eigenvalue weighted by Crippen LogP contribution is 2.48. The van der Waals surface area contributed by atoms with Gasteiger partial charge in [0.2, 0.25) is 0 Å². The Morgan fingerprint density at radius 3 is 2.33 bits per heavy atom. The van der Waals surface area contributed by atoms with Gasteiger partial charge in [-0.3, -0.25) is 9.36 Å². The molecule has 84 heavy (non-hydrogen) atoms. The van der Waals surface area contributed by atoms with Crippen molar-refractivity contribution in [3.63, 3.8) is 0 Å². The van der Waals surface area contributed by atoms with Gasteiger partial charge in [-0.25, -0.2) is 33.1 Å². The highest BCUT2D eigenvalue weighted by molar-refractivity contribution is 7.15. The van der Waals surface area contributed by atoms with Crippen molar-refractivity contribution < 1.29 is 36.9 Å². The van der Waals surface area contributed by atoms with Gasteiger partial charge in [-0.2, -0.15) is 5.26 Å². The van der Waals surface area contributed by atoms with Crippen LogP contribution >= 0.6 is 11.3 Å². The van der Waals surface area contributed by atoms with Crippen molar-refractivity contribution in [2.75, 3.05) is 90.2 Å². The Morgan fingerprint density at radius 2 is 1.56 bits per heavy atom. The molecule has 4 aliphatic heterocycles. The van der Waals surface area contributed by atoms with Crippen LogP contribution in [0.4, 0.5) is 24.8 Å². The van der Waals surface area contributed by atoms with E-state index in [0.717, 1.165) is 46.5 Å². The number of alkyl halides is 2. The number of hydrogen-bond donors (Lipinski definition) is 3. The van der Waals surface area contributed by atoms with Gasteiger partial charge in [0.1, 0.15) is 41.9 Å². The summed E-state index contributed by atoms with van der Waals surface area (Å²) in [4.78, 5) is 39.9. The maximum atomic E-state index is 16.6. The van der Waals surface area contributed by atoms with Crippen LogP contribution in [0.3, 0.4) is 0 Å². The van der Waals surface area contributed by atoms with Crippen molar-refractivity contribution in [2.24, 2.45) is 11.8 Å². The Balaban J connectivity index is 0.985. The number of ether oxygens (including phenoxy) is 5. The standard InChI is InChI=1S/C64H75F3N10O6S/c1-40-46-14-10-15-50(58(46)65)64(66,67)45-18-24-76(25-19-45)23-9-5-6-11-43(42(3)77-61-49(59(72-40)70-39-71-61)34-51(62(77)78)63(38-68)20-21-63)33-57-74-52-36-53(79-4)54-35-48(52)60(75-57)73-41(2)55-16-17-56(84-55)47-13-8-7-12-44(47)37-69-22-26-80-27-28-81-29-30-82-31-32-83-54/h7-8,10,12-17,34-36,39-43,45,69H,5-6,9,11,18-33,37H2,1-4H3,(H,70,71,72)(H,73,74,75)/t40-,41?,42?,43?/m1/s1. The van der Waals surface area contributed by atoms with Crippen LogP contribution in [0.1, 0.15) is 123 Å². The molecule has 4 aromatic heterocycles. The molecule has 3 aromatic carbocycles. The van der Waals surface area contributed by atoms with Crippen molar-refractivity contribution in [3.8, 4) is 28.0 Å². The largest absolute Gasteiger partial charge is 0.493 e. The molecule has 1 aliphatic carbocycles. The van der Waals surface area contributed by atoms with Crippen LogP contribution in [-0.2, 0) is 38.5 Å². The third-order valence-electron chi connectivity index (χ3n) is 17.4. The molecule has 7 aromatic rings. The first-order valence-corrected chi connectivity index (χ1v) is 30.5. The van der Waals surface area contributed by atoms with Crippen molar-refractivity contribution >= 4 is 44.9 Å². The number of methoxy groups -OCH3 is 1. The molecule has 1 saturated heterocycles. The summed E-state index contributed by atoms with van der Waals surface area (Å²) in [5.74, 6) is -3.16. The van der Waals surface area contributed by atoms with E-state index >= 15 is 18.0 Å². The molecule has 3 unspecified atom stereocenters. The molecule has 16 nitrogen and oxygen atoms in total. The molecular formula is C64H75F3N10O6S. The van der Waals surface area contributed by atoms with Crippen molar-refractivity contribution in [3.05, 3.63) is 128 Å². The second-order valence-corrected chi connectivity index (χ2v) is 24.0. The Morgan fingerprint density at radius 1 is 0.798 bits per heavy atom. The van der Waals surface area contributed by atoms with E-state index in [1.54, 1.807) is 36.0 Å². The van der Waals surface area contributed by atoms with Gasteiger partial charge >= 0.3 is 0 Å². The Kier molecular flexibility index (Phi) is 18.5. The fraction of sp³-hybridized carbons (Fsp3) is 0.500. The second kappa shape index (κ2) is 26.3. The number of fused-ring (bicyclic) bond motifs is 14. The number of aromatic nitrogens is 5. The predicted molar refractivity (Wildman–Crippen MR) is 320 cm³/mol. The molecule has 4 atom stereocenters. The van der Waals surface area contributed by atoms with E-state index < -0.39 is 40.7 Å². The van der Waals surface area contributed by atoms with Gasteiger partial charge < -0.3 is 44.5 Å². The molecular weight excluding hydrogens is 1090 g/mol. The number of benzene rings is 3. The molecule has 444 valence electrons. The van der Waals surface area contributed by atoms with E-state index in [9.17, 15) is 5.26 Å². The SMILES string of the molecule is COc1cc2nc(CC3CCCCCN4CCC(CC4)C(F)(F)c4cccc(c4F)[C@@H](C)Nc4ncnc5c4cc(C4(C#N)CC4)c(=O)n5C3C)nc3c2cc1OCCOCCOCCOCCNCc1ccccc1-c1ccc(s1)C(C)N3.